The molecule has 2 N–H and O–H groups in total. The van der Waals surface area contributed by atoms with Crippen molar-refractivity contribution >= 4 is 29.2 Å². The Morgan fingerprint density at radius 3 is 2.68 bits per heavy atom. The molecule has 0 saturated heterocycles. The Morgan fingerprint density at radius 2 is 2.09 bits per heavy atom. The molecule has 0 aliphatic heterocycles. The minimum atomic E-state index is -0.918. The minimum Gasteiger partial charge on any atom is -0.480 e. The Hall–Kier alpha value is -1.63. The van der Waals surface area contributed by atoms with Crippen molar-refractivity contribution in [3.63, 3.8) is 0 Å². The van der Waals surface area contributed by atoms with Gasteiger partial charge in [-0.05, 0) is 31.5 Å². The number of hydrogen-bond acceptors (Lipinski definition) is 5. The van der Waals surface area contributed by atoms with Crippen molar-refractivity contribution in [1.82, 2.24) is 15.5 Å². The van der Waals surface area contributed by atoms with E-state index in [0.29, 0.717) is 33.8 Å². The minimum absolute atomic E-state index is 0.297. The molecule has 8 heteroatoms. The normalized spacial score (nSPS) is 13.8. The highest BCUT2D eigenvalue weighted by atomic mass is 35.5. The number of benzene rings is 1. The van der Waals surface area contributed by atoms with E-state index < -0.39 is 12.0 Å². The molecule has 1 heterocycles. The summed E-state index contributed by atoms with van der Waals surface area (Å²) in [6, 6.07) is 3.93. The van der Waals surface area contributed by atoms with Crippen LogP contribution in [0.5, 0.6) is 0 Å². The van der Waals surface area contributed by atoms with Gasteiger partial charge in [0, 0.05) is 5.56 Å². The van der Waals surface area contributed by atoms with E-state index in [-0.39, 0.29) is 6.04 Å². The average Bonchev–Trinajstić information content (AvgIpc) is 2.97. The number of carbonyl (C=O) groups is 1. The lowest BCUT2D eigenvalue weighted by Crippen LogP contribution is -2.37. The third-order valence-electron chi connectivity index (χ3n) is 3.14. The summed E-state index contributed by atoms with van der Waals surface area (Å²) in [4.78, 5) is 11.0. The van der Waals surface area contributed by atoms with Gasteiger partial charge in [-0.15, -0.1) is 10.2 Å². The van der Waals surface area contributed by atoms with Crippen LogP contribution in [-0.2, 0) is 4.79 Å². The predicted octanol–water partition coefficient (Wildman–Crippen LogP) is 3.56. The van der Waals surface area contributed by atoms with E-state index in [1.807, 2.05) is 0 Å². The molecule has 22 heavy (non-hydrogen) atoms. The lowest BCUT2D eigenvalue weighted by molar-refractivity contribution is -0.139. The smallest absolute Gasteiger partial charge is 0.320 e. The number of carboxylic acids is 1. The zero-order chi connectivity index (χ0) is 16.3. The summed E-state index contributed by atoms with van der Waals surface area (Å²) in [7, 11) is 0. The van der Waals surface area contributed by atoms with Crippen LogP contribution in [-0.4, -0.2) is 27.3 Å². The number of aliphatic carboxylic acids is 1. The van der Waals surface area contributed by atoms with Crippen molar-refractivity contribution in [2.24, 2.45) is 0 Å². The molecule has 2 rings (SSSR count). The lowest BCUT2D eigenvalue weighted by atomic mass is 10.2. The summed E-state index contributed by atoms with van der Waals surface area (Å²) in [5.74, 6) is -0.315. The van der Waals surface area contributed by atoms with Crippen LogP contribution < -0.4 is 5.32 Å². The first-order valence-electron chi connectivity index (χ1n) is 6.70. The number of nitrogens with one attached hydrogen (secondary N) is 1. The number of hydrogen-bond donors (Lipinski definition) is 2. The maximum Gasteiger partial charge on any atom is 0.320 e. The SMILES string of the molecule is CC[C@H](NC(C)c1nnc(-c2ccc(Cl)c(Cl)c2)o1)C(=O)O. The molecule has 0 amide bonds. The first-order valence-corrected chi connectivity index (χ1v) is 7.45. The van der Waals surface area contributed by atoms with E-state index >= 15 is 0 Å². The van der Waals surface area contributed by atoms with E-state index in [1.54, 1.807) is 32.0 Å². The van der Waals surface area contributed by atoms with Gasteiger partial charge in [-0.3, -0.25) is 10.1 Å². The van der Waals surface area contributed by atoms with Crippen molar-refractivity contribution in [2.75, 3.05) is 0 Å². The molecule has 118 valence electrons. The topological polar surface area (TPSA) is 88.3 Å². The van der Waals surface area contributed by atoms with Crippen LogP contribution in [0.3, 0.4) is 0 Å². The fraction of sp³-hybridized carbons (Fsp3) is 0.357. The van der Waals surface area contributed by atoms with Gasteiger partial charge in [-0.2, -0.15) is 0 Å². The van der Waals surface area contributed by atoms with Crippen LogP contribution in [0.4, 0.5) is 0 Å². The van der Waals surface area contributed by atoms with Crippen LogP contribution in [0, 0.1) is 0 Å². The fourth-order valence-corrected chi connectivity index (χ4v) is 2.19. The molecule has 1 aromatic carbocycles. The van der Waals surface area contributed by atoms with Gasteiger partial charge in [0.2, 0.25) is 11.8 Å². The Balaban J connectivity index is 2.16. The molecule has 0 spiro atoms. The lowest BCUT2D eigenvalue weighted by Gasteiger charge is -2.15. The van der Waals surface area contributed by atoms with Crippen LogP contribution in [0.1, 0.15) is 32.2 Å². The molecule has 0 saturated carbocycles. The van der Waals surface area contributed by atoms with Crippen molar-refractivity contribution in [1.29, 1.82) is 0 Å². The maximum atomic E-state index is 11.0. The Bertz CT molecular complexity index is 675. The third-order valence-corrected chi connectivity index (χ3v) is 3.87. The summed E-state index contributed by atoms with van der Waals surface area (Å²) < 4.78 is 5.57. The fourth-order valence-electron chi connectivity index (χ4n) is 1.89. The molecule has 2 atom stereocenters. The van der Waals surface area contributed by atoms with E-state index in [0.717, 1.165) is 0 Å². The molecule has 1 unspecified atom stereocenters. The number of nitrogens with zero attached hydrogens (tertiary/aromatic N) is 2. The highest BCUT2D eigenvalue weighted by Gasteiger charge is 2.22. The molecular formula is C14H15Cl2N3O3. The first kappa shape index (κ1) is 16.7. The van der Waals surface area contributed by atoms with Gasteiger partial charge in [0.25, 0.3) is 0 Å². The van der Waals surface area contributed by atoms with Crippen molar-refractivity contribution < 1.29 is 14.3 Å². The molecule has 0 aliphatic carbocycles. The summed E-state index contributed by atoms with van der Waals surface area (Å²) in [5.41, 5.74) is 0.644. The highest BCUT2D eigenvalue weighted by Crippen LogP contribution is 2.28. The largest absolute Gasteiger partial charge is 0.480 e. The van der Waals surface area contributed by atoms with Crippen LogP contribution >= 0.6 is 23.2 Å². The molecule has 0 aliphatic rings. The molecule has 0 fully saturated rings. The van der Waals surface area contributed by atoms with Gasteiger partial charge in [0.15, 0.2) is 0 Å². The summed E-state index contributed by atoms with van der Waals surface area (Å²) in [5, 5.41) is 20.7. The Morgan fingerprint density at radius 1 is 1.36 bits per heavy atom. The highest BCUT2D eigenvalue weighted by molar-refractivity contribution is 6.42. The van der Waals surface area contributed by atoms with Crippen LogP contribution in [0.2, 0.25) is 10.0 Å². The monoisotopic (exact) mass is 343 g/mol. The van der Waals surface area contributed by atoms with Crippen LogP contribution in [0.15, 0.2) is 22.6 Å². The van der Waals surface area contributed by atoms with Gasteiger partial charge >= 0.3 is 5.97 Å². The van der Waals surface area contributed by atoms with E-state index in [1.165, 1.54) is 0 Å². The van der Waals surface area contributed by atoms with E-state index in [2.05, 4.69) is 15.5 Å². The standard InChI is InChI=1S/C14H15Cl2N3O3/c1-3-11(14(20)21)17-7(2)12-18-19-13(22-12)8-4-5-9(15)10(16)6-8/h4-7,11,17H,3H2,1-2H3,(H,20,21)/t7?,11-/m0/s1. The number of halogens is 2. The summed E-state index contributed by atoms with van der Waals surface area (Å²) >= 11 is 11.8. The molecule has 6 nitrogen and oxygen atoms in total. The first-order chi connectivity index (χ1) is 10.4. The van der Waals surface area contributed by atoms with Crippen molar-refractivity contribution in [2.45, 2.75) is 32.4 Å². The zero-order valence-electron chi connectivity index (χ0n) is 12.0. The van der Waals surface area contributed by atoms with Crippen molar-refractivity contribution in [3.05, 3.63) is 34.1 Å². The molecule has 0 bridgehead atoms. The Labute approximate surface area is 137 Å². The van der Waals surface area contributed by atoms with Gasteiger partial charge in [0.05, 0.1) is 16.1 Å². The zero-order valence-corrected chi connectivity index (χ0v) is 13.5. The van der Waals surface area contributed by atoms with Gasteiger partial charge in [-0.25, -0.2) is 0 Å². The second kappa shape index (κ2) is 7.09. The quantitative estimate of drug-likeness (QED) is 0.833. The van der Waals surface area contributed by atoms with Gasteiger partial charge < -0.3 is 9.52 Å². The number of carboxylic acid groups (broad SMARTS) is 1. The maximum absolute atomic E-state index is 11.0. The molecule has 0 radical (unpaired) electrons. The molecule has 1 aromatic heterocycles. The second-order valence-corrected chi connectivity index (χ2v) is 5.58. The Kier molecular flexibility index (Phi) is 5.39. The predicted molar refractivity (Wildman–Crippen MR) is 83.0 cm³/mol. The van der Waals surface area contributed by atoms with Gasteiger partial charge in [-0.1, -0.05) is 30.1 Å². The van der Waals surface area contributed by atoms with E-state index in [4.69, 9.17) is 32.7 Å². The van der Waals surface area contributed by atoms with Gasteiger partial charge in [0.1, 0.15) is 6.04 Å². The van der Waals surface area contributed by atoms with Crippen molar-refractivity contribution in [3.8, 4) is 11.5 Å². The molecule has 2 aromatic rings. The second-order valence-electron chi connectivity index (χ2n) is 4.76. The summed E-state index contributed by atoms with van der Waals surface area (Å²) in [6.45, 7) is 3.55. The van der Waals surface area contributed by atoms with E-state index in [9.17, 15) is 4.79 Å². The third kappa shape index (κ3) is 3.76. The number of aromatic nitrogens is 2. The number of rotatable bonds is 6. The van der Waals surface area contributed by atoms with Crippen LogP contribution in [0.25, 0.3) is 11.5 Å². The summed E-state index contributed by atoms with van der Waals surface area (Å²) in [6.07, 6.45) is 0.452. The molecular weight excluding hydrogens is 329 g/mol. The average molecular weight is 344 g/mol.